The standard InChI is InChI=1S/C22H13F5N4O3/c23-12-3-11(4-13(24)5-12)19(32)29-9-15-7-17(29)18-20(33)31(21(34)30(15)18)14-2-1-10(8-28)16(6-14)22(25,26)27/h1-6,15,17-18H,7,9H2/t15-,17?,18-/m1/s1. The van der Waals surface area contributed by atoms with Crippen molar-refractivity contribution in [2.45, 2.75) is 30.7 Å². The molecule has 1 unspecified atom stereocenters. The van der Waals surface area contributed by atoms with Gasteiger partial charge in [-0.15, -0.1) is 0 Å². The van der Waals surface area contributed by atoms with E-state index >= 15 is 0 Å². The summed E-state index contributed by atoms with van der Waals surface area (Å²) in [5.41, 5.74) is -2.55. The zero-order chi connectivity index (χ0) is 24.5. The molecule has 7 nitrogen and oxygen atoms in total. The van der Waals surface area contributed by atoms with E-state index in [9.17, 15) is 36.3 Å². The van der Waals surface area contributed by atoms with Crippen LogP contribution in [0.2, 0.25) is 0 Å². The summed E-state index contributed by atoms with van der Waals surface area (Å²) in [6.45, 7) is 0.00611. The number of fused-ring (bicyclic) bond motifs is 5. The molecule has 12 heteroatoms. The molecule has 34 heavy (non-hydrogen) atoms. The second kappa shape index (κ2) is 7.24. The summed E-state index contributed by atoms with van der Waals surface area (Å²) in [5, 5.41) is 8.97. The third-order valence-electron chi connectivity index (χ3n) is 6.32. The fraction of sp³-hybridized carbons (Fsp3) is 0.273. The van der Waals surface area contributed by atoms with Crippen LogP contribution in [0.25, 0.3) is 0 Å². The average Bonchev–Trinajstić information content (AvgIpc) is 3.43. The second-order valence-corrected chi connectivity index (χ2v) is 8.22. The number of imide groups is 1. The van der Waals surface area contributed by atoms with Gasteiger partial charge < -0.3 is 9.80 Å². The zero-order valence-corrected chi connectivity index (χ0v) is 17.0. The molecular formula is C22H13F5N4O3. The lowest BCUT2D eigenvalue weighted by Crippen LogP contribution is -2.54. The van der Waals surface area contributed by atoms with Gasteiger partial charge in [-0.25, -0.2) is 18.5 Å². The first-order valence-electron chi connectivity index (χ1n) is 10.1. The van der Waals surface area contributed by atoms with E-state index in [1.165, 1.54) is 15.9 Å². The zero-order valence-electron chi connectivity index (χ0n) is 17.0. The predicted molar refractivity (Wildman–Crippen MR) is 104 cm³/mol. The van der Waals surface area contributed by atoms with Gasteiger partial charge in [-0.05, 0) is 36.8 Å². The number of rotatable bonds is 2. The van der Waals surface area contributed by atoms with Crippen molar-refractivity contribution in [1.29, 1.82) is 5.26 Å². The molecule has 0 spiro atoms. The molecule has 3 atom stereocenters. The van der Waals surface area contributed by atoms with Crippen molar-refractivity contribution in [2.24, 2.45) is 0 Å². The molecular weight excluding hydrogens is 463 g/mol. The molecule has 3 saturated heterocycles. The van der Waals surface area contributed by atoms with Gasteiger partial charge in [0.15, 0.2) is 0 Å². The van der Waals surface area contributed by atoms with Gasteiger partial charge >= 0.3 is 12.2 Å². The summed E-state index contributed by atoms with van der Waals surface area (Å²) in [4.78, 5) is 42.2. The Hall–Kier alpha value is -4.01. The lowest BCUT2D eigenvalue weighted by atomic mass is 10.1. The Morgan fingerprint density at radius 2 is 1.74 bits per heavy atom. The molecule has 0 aliphatic carbocycles. The SMILES string of the molecule is N#Cc1ccc(N2C(=O)[C@H]3C4C[C@H](CN4C(=O)c4cc(F)cc(F)c4)N3C2=O)cc1C(F)(F)F. The maximum Gasteiger partial charge on any atom is 0.417 e. The Morgan fingerprint density at radius 1 is 1.06 bits per heavy atom. The quantitative estimate of drug-likeness (QED) is 0.492. The van der Waals surface area contributed by atoms with E-state index in [-0.39, 0.29) is 24.2 Å². The summed E-state index contributed by atoms with van der Waals surface area (Å²) >= 11 is 0. The molecule has 0 N–H and O–H groups in total. The van der Waals surface area contributed by atoms with Crippen molar-refractivity contribution in [3.63, 3.8) is 0 Å². The van der Waals surface area contributed by atoms with Gasteiger partial charge in [-0.3, -0.25) is 9.59 Å². The van der Waals surface area contributed by atoms with Gasteiger partial charge in [0.2, 0.25) is 0 Å². The highest BCUT2D eigenvalue weighted by molar-refractivity contribution is 6.22. The lowest BCUT2D eigenvalue weighted by Gasteiger charge is -2.34. The van der Waals surface area contributed by atoms with E-state index in [0.29, 0.717) is 17.0 Å². The number of hydrogen-bond acceptors (Lipinski definition) is 4. The summed E-state index contributed by atoms with van der Waals surface area (Å²) in [5.74, 6) is -3.44. The van der Waals surface area contributed by atoms with E-state index in [1.54, 1.807) is 0 Å². The first kappa shape index (κ1) is 21.8. The second-order valence-electron chi connectivity index (χ2n) is 8.22. The average molecular weight is 476 g/mol. The number of alkyl halides is 3. The van der Waals surface area contributed by atoms with Crippen LogP contribution in [0.1, 0.15) is 27.9 Å². The van der Waals surface area contributed by atoms with E-state index in [0.717, 1.165) is 24.3 Å². The van der Waals surface area contributed by atoms with Crippen LogP contribution in [-0.2, 0) is 11.0 Å². The molecule has 3 aliphatic heterocycles. The van der Waals surface area contributed by atoms with Crippen molar-refractivity contribution < 1.29 is 36.3 Å². The van der Waals surface area contributed by atoms with Gasteiger partial charge in [-0.1, -0.05) is 0 Å². The van der Waals surface area contributed by atoms with Crippen LogP contribution in [0.5, 0.6) is 0 Å². The van der Waals surface area contributed by atoms with E-state index in [1.807, 2.05) is 0 Å². The van der Waals surface area contributed by atoms with Crippen molar-refractivity contribution in [3.05, 3.63) is 64.7 Å². The van der Waals surface area contributed by atoms with Gasteiger partial charge in [0.05, 0.1) is 35.0 Å². The third kappa shape index (κ3) is 3.11. The molecule has 0 aromatic heterocycles. The van der Waals surface area contributed by atoms with Gasteiger partial charge in [0, 0.05) is 18.2 Å². The minimum absolute atomic E-state index is 0.00611. The molecule has 0 saturated carbocycles. The molecule has 2 bridgehead atoms. The number of carbonyl (C=O) groups is 3. The Morgan fingerprint density at radius 3 is 2.35 bits per heavy atom. The number of nitrogens with zero attached hydrogens (tertiary/aromatic N) is 4. The molecule has 3 aliphatic rings. The Bertz CT molecular complexity index is 1280. The largest absolute Gasteiger partial charge is 0.417 e. The van der Waals surface area contributed by atoms with Crippen LogP contribution in [-0.4, -0.2) is 52.3 Å². The molecule has 174 valence electrons. The van der Waals surface area contributed by atoms with Crippen molar-refractivity contribution in [2.75, 3.05) is 11.4 Å². The third-order valence-corrected chi connectivity index (χ3v) is 6.32. The fourth-order valence-corrected chi connectivity index (χ4v) is 4.97. The van der Waals surface area contributed by atoms with Crippen LogP contribution in [0.15, 0.2) is 36.4 Å². The number of benzene rings is 2. The highest BCUT2D eigenvalue weighted by Gasteiger charge is 2.63. The first-order valence-corrected chi connectivity index (χ1v) is 10.1. The van der Waals surface area contributed by atoms with Crippen molar-refractivity contribution >= 4 is 23.5 Å². The number of halogens is 5. The topological polar surface area (TPSA) is 84.7 Å². The Kier molecular flexibility index (Phi) is 4.65. The minimum Gasteiger partial charge on any atom is -0.331 e. The van der Waals surface area contributed by atoms with Crippen molar-refractivity contribution in [1.82, 2.24) is 9.80 Å². The molecule has 2 aromatic carbocycles. The van der Waals surface area contributed by atoms with Crippen LogP contribution in [0.4, 0.5) is 32.4 Å². The normalized spacial score (nSPS) is 23.5. The molecule has 4 amide bonds. The van der Waals surface area contributed by atoms with Crippen LogP contribution < -0.4 is 4.90 Å². The van der Waals surface area contributed by atoms with E-state index < -0.39 is 64.9 Å². The number of nitriles is 1. The number of anilines is 1. The maximum absolute atomic E-state index is 13.6. The summed E-state index contributed by atoms with van der Waals surface area (Å²) in [6, 6.07) is 2.93. The number of carbonyl (C=O) groups excluding carboxylic acids is 3. The lowest BCUT2D eigenvalue weighted by molar-refractivity contribution is -0.137. The fourth-order valence-electron chi connectivity index (χ4n) is 4.97. The van der Waals surface area contributed by atoms with Crippen molar-refractivity contribution in [3.8, 4) is 6.07 Å². The predicted octanol–water partition coefficient (Wildman–Crippen LogP) is 3.29. The molecule has 5 rings (SSSR count). The number of likely N-dealkylation sites (tertiary alicyclic amines) is 1. The van der Waals surface area contributed by atoms with E-state index in [2.05, 4.69) is 0 Å². The summed E-state index contributed by atoms with van der Waals surface area (Å²) in [6.07, 6.45) is -4.63. The number of hydrogen-bond donors (Lipinski definition) is 0. The Labute approximate surface area is 188 Å². The van der Waals surface area contributed by atoms with Gasteiger partial charge in [-0.2, -0.15) is 18.4 Å². The monoisotopic (exact) mass is 476 g/mol. The number of piperazine rings is 1. The van der Waals surface area contributed by atoms with Gasteiger partial charge in [0.25, 0.3) is 11.8 Å². The number of urea groups is 1. The van der Waals surface area contributed by atoms with E-state index in [4.69, 9.17) is 5.26 Å². The minimum atomic E-state index is -4.88. The van der Waals surface area contributed by atoms with Crippen LogP contribution in [0.3, 0.4) is 0 Å². The molecule has 3 fully saturated rings. The van der Waals surface area contributed by atoms with Crippen LogP contribution in [0, 0.1) is 23.0 Å². The highest BCUT2D eigenvalue weighted by Crippen LogP contribution is 2.44. The van der Waals surface area contributed by atoms with Crippen LogP contribution >= 0.6 is 0 Å². The Balaban J connectivity index is 1.47. The molecule has 3 heterocycles. The molecule has 0 radical (unpaired) electrons. The number of amides is 4. The van der Waals surface area contributed by atoms with Gasteiger partial charge in [0.1, 0.15) is 17.7 Å². The highest BCUT2D eigenvalue weighted by atomic mass is 19.4. The summed E-state index contributed by atoms with van der Waals surface area (Å²) < 4.78 is 67.3. The first-order chi connectivity index (χ1) is 16.0. The summed E-state index contributed by atoms with van der Waals surface area (Å²) in [7, 11) is 0. The molecule has 2 aromatic rings. The maximum atomic E-state index is 13.6. The smallest absolute Gasteiger partial charge is 0.331 e.